The van der Waals surface area contributed by atoms with E-state index in [4.69, 9.17) is 9.53 Å². The van der Waals surface area contributed by atoms with Crippen molar-refractivity contribution >= 4 is 45.5 Å². The molecule has 3 N–H and O–H groups in total. The third-order valence-corrected chi connectivity index (χ3v) is 8.00. The molecule has 0 radical (unpaired) electrons. The molecule has 0 spiro atoms. The highest BCUT2D eigenvalue weighted by molar-refractivity contribution is 7.85. The minimum absolute atomic E-state index is 0.465. The molecule has 2 saturated heterocycles. The van der Waals surface area contributed by atoms with E-state index >= 15 is 0 Å². The van der Waals surface area contributed by atoms with Crippen molar-refractivity contribution in [2.45, 2.75) is 18.6 Å². The number of hydrogen-bond donors (Lipinski definition) is 3. The van der Waals surface area contributed by atoms with E-state index in [1.54, 1.807) is 6.33 Å². The Balaban J connectivity index is 0.000000551. The molecule has 2 aliphatic rings. The SMILES string of the molecule is C=CC=O.CNC.O=S(Cc1ccc(N2CCCC2)cc1)Nc1ccc(-c2cc3c(N4CCOCC4)ncnc3[nH]2)cc1. The average Bonchev–Trinajstić information content (AvgIpc) is 3.74. The topological polar surface area (TPSA) is 115 Å². The van der Waals surface area contributed by atoms with E-state index < -0.39 is 11.0 Å². The monoisotopic (exact) mass is 603 g/mol. The smallest absolute Gasteiger partial charge is 0.143 e. The number of benzene rings is 2. The lowest BCUT2D eigenvalue weighted by molar-refractivity contribution is -0.104. The number of ether oxygens (including phenoxy) is 1. The summed E-state index contributed by atoms with van der Waals surface area (Å²) in [6, 6.07) is 18.5. The molecule has 2 aliphatic heterocycles. The molecule has 6 rings (SSSR count). The maximum absolute atomic E-state index is 12.7. The number of aldehydes is 1. The summed E-state index contributed by atoms with van der Waals surface area (Å²) in [5.74, 6) is 1.40. The van der Waals surface area contributed by atoms with Gasteiger partial charge >= 0.3 is 0 Å². The van der Waals surface area contributed by atoms with E-state index in [9.17, 15) is 4.21 Å². The number of allylic oxidation sites excluding steroid dienone is 1. The number of H-pyrrole nitrogens is 1. The average molecular weight is 604 g/mol. The molecule has 2 fully saturated rings. The fraction of sp³-hybridized carbons (Fsp3) is 0.344. The number of nitrogens with zero attached hydrogens (tertiary/aromatic N) is 4. The van der Waals surface area contributed by atoms with Crippen molar-refractivity contribution < 1.29 is 13.7 Å². The highest BCUT2D eigenvalue weighted by atomic mass is 32.2. The fourth-order valence-electron chi connectivity index (χ4n) is 4.92. The van der Waals surface area contributed by atoms with Gasteiger partial charge in [0, 0.05) is 43.2 Å². The molecule has 2 aromatic heterocycles. The number of nitrogens with one attached hydrogen (secondary N) is 3. The van der Waals surface area contributed by atoms with Crippen molar-refractivity contribution in [2.75, 3.05) is 68.0 Å². The first-order valence-electron chi connectivity index (χ1n) is 14.5. The molecule has 2 aromatic carbocycles. The van der Waals surface area contributed by atoms with Crippen molar-refractivity contribution in [3.63, 3.8) is 0 Å². The van der Waals surface area contributed by atoms with E-state index in [2.05, 4.69) is 71.7 Å². The Morgan fingerprint density at radius 2 is 1.63 bits per heavy atom. The lowest BCUT2D eigenvalue weighted by Crippen LogP contribution is -2.36. The Morgan fingerprint density at radius 1 is 0.977 bits per heavy atom. The first-order valence-corrected chi connectivity index (χ1v) is 15.8. The van der Waals surface area contributed by atoms with Crippen LogP contribution >= 0.6 is 0 Å². The normalized spacial score (nSPS) is 15.1. The van der Waals surface area contributed by atoms with Crippen LogP contribution < -0.4 is 19.8 Å². The van der Waals surface area contributed by atoms with E-state index in [1.807, 2.05) is 38.4 Å². The summed E-state index contributed by atoms with van der Waals surface area (Å²) in [5.41, 5.74) is 5.98. The summed E-state index contributed by atoms with van der Waals surface area (Å²) in [4.78, 5) is 26.1. The quantitative estimate of drug-likeness (QED) is 0.199. The summed E-state index contributed by atoms with van der Waals surface area (Å²) in [7, 11) is 2.54. The van der Waals surface area contributed by atoms with Crippen molar-refractivity contribution in [2.24, 2.45) is 0 Å². The number of carbonyl (C=O) groups excluding carboxylic acids is 1. The van der Waals surface area contributed by atoms with Gasteiger partial charge in [-0.2, -0.15) is 0 Å². The first-order chi connectivity index (χ1) is 21.1. The Hall–Kier alpha value is -4.06. The zero-order chi connectivity index (χ0) is 30.4. The van der Waals surface area contributed by atoms with Crippen molar-refractivity contribution in [3.05, 3.63) is 79.1 Å². The third kappa shape index (κ3) is 8.96. The number of morpholine rings is 1. The van der Waals surface area contributed by atoms with Crippen molar-refractivity contribution in [3.8, 4) is 11.3 Å². The minimum Gasteiger partial charge on any atom is -0.378 e. The number of fused-ring (bicyclic) bond motifs is 1. The minimum atomic E-state index is -1.21. The van der Waals surface area contributed by atoms with Gasteiger partial charge in [0.2, 0.25) is 0 Å². The first kappa shape index (κ1) is 31.9. The van der Waals surface area contributed by atoms with E-state index in [0.717, 1.165) is 65.5 Å². The van der Waals surface area contributed by atoms with Crippen LogP contribution in [0.3, 0.4) is 0 Å². The van der Waals surface area contributed by atoms with E-state index in [-0.39, 0.29) is 0 Å². The van der Waals surface area contributed by atoms with Crippen LogP contribution in [0, 0.1) is 0 Å². The molecular formula is C32H41N7O3S. The number of aromatic nitrogens is 3. The Morgan fingerprint density at radius 3 is 2.26 bits per heavy atom. The van der Waals surface area contributed by atoms with Gasteiger partial charge in [-0.1, -0.05) is 30.8 Å². The molecule has 0 aliphatic carbocycles. The number of rotatable bonds is 8. The largest absolute Gasteiger partial charge is 0.378 e. The Bertz CT molecular complexity index is 1460. The number of hydrogen-bond acceptors (Lipinski definition) is 8. The summed E-state index contributed by atoms with van der Waals surface area (Å²) in [6.45, 7) is 8.44. The van der Waals surface area contributed by atoms with E-state index in [1.165, 1.54) is 24.6 Å². The molecule has 11 heteroatoms. The zero-order valence-electron chi connectivity index (χ0n) is 24.9. The maximum atomic E-state index is 12.7. The van der Waals surface area contributed by atoms with Gasteiger partial charge in [0.05, 0.1) is 24.4 Å². The maximum Gasteiger partial charge on any atom is 0.143 e. The van der Waals surface area contributed by atoms with E-state index in [0.29, 0.717) is 25.3 Å². The third-order valence-electron chi connectivity index (χ3n) is 6.94. The number of carbonyl (C=O) groups is 1. The van der Waals surface area contributed by atoms with Crippen molar-refractivity contribution in [1.29, 1.82) is 0 Å². The highest BCUT2D eigenvalue weighted by Gasteiger charge is 2.18. The van der Waals surface area contributed by atoms with Crippen LogP contribution in [0.2, 0.25) is 0 Å². The van der Waals surface area contributed by atoms with Crippen LogP contribution in [0.5, 0.6) is 0 Å². The van der Waals surface area contributed by atoms with Crippen LogP contribution in [-0.2, 0) is 26.3 Å². The number of aromatic amines is 1. The summed E-state index contributed by atoms with van der Waals surface area (Å²) in [5, 5.41) is 3.76. The van der Waals surface area contributed by atoms with Gasteiger partial charge in [-0.05, 0) is 74.5 Å². The second-order valence-electron chi connectivity index (χ2n) is 10.1. The molecule has 1 atom stereocenters. The molecule has 0 amide bonds. The second kappa shape index (κ2) is 16.5. The molecule has 0 saturated carbocycles. The lowest BCUT2D eigenvalue weighted by Gasteiger charge is -2.27. The molecule has 4 aromatic rings. The molecule has 10 nitrogen and oxygen atoms in total. The predicted octanol–water partition coefficient (Wildman–Crippen LogP) is 4.54. The summed E-state index contributed by atoms with van der Waals surface area (Å²) >= 11 is 0. The molecule has 228 valence electrons. The van der Waals surface area contributed by atoms with Gasteiger partial charge < -0.3 is 29.6 Å². The van der Waals surface area contributed by atoms with Crippen LogP contribution in [0.4, 0.5) is 17.2 Å². The van der Waals surface area contributed by atoms with Gasteiger partial charge in [-0.25, -0.2) is 14.2 Å². The molecule has 4 heterocycles. The van der Waals surface area contributed by atoms with Gasteiger partial charge in [0.25, 0.3) is 0 Å². The Kier molecular flexibility index (Phi) is 12.3. The standard InChI is InChI=1S/C27H30N6O2S.C3H4O.C2H7N/c34-36(18-20-3-9-23(10-4-20)32-11-1-2-12-32)31-22-7-5-21(6-8-22)25-17-24-26(30-25)28-19-29-27(24)33-13-15-35-16-14-33;1-2-3-4;1-3-2/h3-10,17,19,31H,1-2,11-16,18H2,(H,28,29,30);2-3H,1H2;3H,1-2H3. The molecule has 0 bridgehead atoms. The number of anilines is 3. The molecule has 1 unspecified atom stereocenters. The zero-order valence-corrected chi connectivity index (χ0v) is 25.7. The summed E-state index contributed by atoms with van der Waals surface area (Å²) in [6.07, 6.45) is 5.96. The molecule has 43 heavy (non-hydrogen) atoms. The second-order valence-corrected chi connectivity index (χ2v) is 11.3. The van der Waals surface area contributed by atoms with Gasteiger partial charge in [0.1, 0.15) is 35.1 Å². The predicted molar refractivity (Wildman–Crippen MR) is 177 cm³/mol. The lowest BCUT2D eigenvalue weighted by atomic mass is 10.1. The van der Waals surface area contributed by atoms with Crippen LogP contribution in [0.1, 0.15) is 18.4 Å². The van der Waals surface area contributed by atoms with Crippen LogP contribution in [-0.4, -0.2) is 78.9 Å². The Labute approximate surface area is 256 Å². The van der Waals surface area contributed by atoms with Crippen LogP contribution in [0.25, 0.3) is 22.3 Å². The fourth-order valence-corrected chi connectivity index (χ4v) is 5.89. The van der Waals surface area contributed by atoms with Gasteiger partial charge in [0.15, 0.2) is 0 Å². The molecular weight excluding hydrogens is 562 g/mol. The highest BCUT2D eigenvalue weighted by Crippen LogP contribution is 2.30. The van der Waals surface area contributed by atoms with Gasteiger partial charge in [-0.15, -0.1) is 0 Å². The van der Waals surface area contributed by atoms with Gasteiger partial charge in [-0.3, -0.25) is 4.79 Å². The van der Waals surface area contributed by atoms with Crippen molar-refractivity contribution in [1.82, 2.24) is 20.3 Å². The summed E-state index contributed by atoms with van der Waals surface area (Å²) < 4.78 is 21.3. The van der Waals surface area contributed by atoms with Crippen LogP contribution in [0.15, 0.2) is 73.6 Å².